The van der Waals surface area contributed by atoms with Crippen LogP contribution in [0.4, 0.5) is 5.69 Å². The summed E-state index contributed by atoms with van der Waals surface area (Å²) in [7, 11) is -3.11. The normalized spacial score (nSPS) is 11.6. The van der Waals surface area contributed by atoms with Gasteiger partial charge in [-0.3, -0.25) is 9.78 Å². The van der Waals surface area contributed by atoms with Gasteiger partial charge >= 0.3 is 0 Å². The fourth-order valence-corrected chi connectivity index (χ4v) is 4.41. The van der Waals surface area contributed by atoms with E-state index >= 15 is 0 Å². The molecule has 1 aromatic carbocycles. The van der Waals surface area contributed by atoms with E-state index in [-0.39, 0.29) is 11.4 Å². The number of sulfone groups is 1. The van der Waals surface area contributed by atoms with Crippen molar-refractivity contribution in [2.75, 3.05) is 17.3 Å². The zero-order chi connectivity index (χ0) is 25.3. The molecular weight excluding hydrogens is 478 g/mol. The number of fused-ring (bicyclic) bond motifs is 1. The number of oxazole rings is 1. The Bertz CT molecular complexity index is 1670. The lowest BCUT2D eigenvalue weighted by molar-refractivity contribution is 0.102. The molecule has 0 unspecified atom stereocenters. The fraction of sp³-hybridized carbons (Fsp3) is 0.154. The second-order valence-electron chi connectivity index (χ2n) is 8.52. The minimum absolute atomic E-state index is 0.0114. The summed E-state index contributed by atoms with van der Waals surface area (Å²) in [5, 5.41) is 2.94. The molecule has 0 aliphatic heterocycles. The van der Waals surface area contributed by atoms with Crippen molar-refractivity contribution >= 4 is 27.1 Å². The number of benzene rings is 1. The number of aryl methyl sites for hydroxylation is 2. The van der Waals surface area contributed by atoms with Crippen LogP contribution in [-0.2, 0) is 16.3 Å². The molecule has 0 atom stereocenters. The smallest absolute Gasteiger partial charge is 0.277 e. The van der Waals surface area contributed by atoms with Gasteiger partial charge in [-0.05, 0) is 30.7 Å². The number of aromatic nitrogens is 4. The second-order valence-corrected chi connectivity index (χ2v) is 10.8. The number of amides is 1. The molecule has 0 saturated carbocycles. The molecule has 5 rings (SSSR count). The van der Waals surface area contributed by atoms with Crippen LogP contribution in [0.25, 0.3) is 28.2 Å². The van der Waals surface area contributed by atoms with Crippen LogP contribution in [0.15, 0.2) is 77.8 Å². The van der Waals surface area contributed by atoms with Gasteiger partial charge in [-0.2, -0.15) is 0 Å². The molecule has 5 aromatic rings. The fourth-order valence-electron chi connectivity index (χ4n) is 3.83. The number of imidazole rings is 1. The van der Waals surface area contributed by atoms with Crippen LogP contribution in [0.2, 0.25) is 0 Å². The summed E-state index contributed by atoms with van der Waals surface area (Å²) in [5.74, 6) is -0.0865. The third-order valence-corrected chi connectivity index (χ3v) is 6.53. The molecule has 10 heteroatoms. The van der Waals surface area contributed by atoms with E-state index in [4.69, 9.17) is 4.42 Å². The van der Waals surface area contributed by atoms with Gasteiger partial charge in [-0.15, -0.1) is 0 Å². The molecule has 0 bridgehead atoms. The quantitative estimate of drug-likeness (QED) is 0.355. The van der Waals surface area contributed by atoms with Crippen LogP contribution in [0.3, 0.4) is 0 Å². The Kier molecular flexibility index (Phi) is 6.11. The first kappa shape index (κ1) is 23.4. The maximum absolute atomic E-state index is 13.1. The Hall–Kier alpha value is -4.31. The Labute approximate surface area is 207 Å². The zero-order valence-electron chi connectivity index (χ0n) is 19.7. The Morgan fingerprint density at radius 1 is 1.06 bits per heavy atom. The summed E-state index contributed by atoms with van der Waals surface area (Å²) in [4.78, 5) is 26.2. The molecule has 0 aliphatic rings. The topological polar surface area (TPSA) is 119 Å². The van der Waals surface area contributed by atoms with Crippen molar-refractivity contribution in [1.82, 2.24) is 19.4 Å². The highest BCUT2D eigenvalue weighted by Crippen LogP contribution is 2.30. The van der Waals surface area contributed by atoms with E-state index in [9.17, 15) is 13.2 Å². The summed E-state index contributed by atoms with van der Waals surface area (Å²) < 4.78 is 30.5. The van der Waals surface area contributed by atoms with Crippen LogP contribution in [0.5, 0.6) is 0 Å². The number of hydrogen-bond acceptors (Lipinski definition) is 7. The second kappa shape index (κ2) is 9.38. The Morgan fingerprint density at radius 3 is 2.61 bits per heavy atom. The van der Waals surface area contributed by atoms with Crippen molar-refractivity contribution < 1.29 is 17.6 Å². The van der Waals surface area contributed by atoms with Gasteiger partial charge in [0.1, 0.15) is 21.7 Å². The Morgan fingerprint density at radius 2 is 1.86 bits per heavy atom. The molecule has 1 amide bonds. The van der Waals surface area contributed by atoms with Crippen LogP contribution in [-0.4, -0.2) is 45.7 Å². The minimum Gasteiger partial charge on any atom is -0.444 e. The average Bonchev–Trinajstić information content (AvgIpc) is 3.50. The van der Waals surface area contributed by atoms with E-state index in [0.29, 0.717) is 29.3 Å². The molecule has 0 fully saturated rings. The van der Waals surface area contributed by atoms with Gasteiger partial charge < -0.3 is 14.1 Å². The van der Waals surface area contributed by atoms with Crippen LogP contribution >= 0.6 is 0 Å². The molecule has 4 aromatic heterocycles. The molecule has 1 N–H and O–H groups in total. The predicted molar refractivity (Wildman–Crippen MR) is 136 cm³/mol. The van der Waals surface area contributed by atoms with Gasteiger partial charge in [0, 0.05) is 48.1 Å². The number of nitrogens with zero attached hydrogens (tertiary/aromatic N) is 4. The van der Waals surface area contributed by atoms with E-state index in [1.165, 1.54) is 12.5 Å². The lowest BCUT2D eigenvalue weighted by Gasteiger charge is -2.11. The first-order valence-corrected chi connectivity index (χ1v) is 13.3. The highest BCUT2D eigenvalue weighted by atomic mass is 32.2. The minimum atomic E-state index is -3.11. The van der Waals surface area contributed by atoms with E-state index in [0.717, 1.165) is 22.4 Å². The number of pyridine rings is 2. The number of carbonyl (C=O) groups excluding carboxylic acids is 1. The molecule has 0 radical (unpaired) electrons. The molecule has 9 nitrogen and oxygen atoms in total. The van der Waals surface area contributed by atoms with Gasteiger partial charge in [0.25, 0.3) is 5.91 Å². The summed E-state index contributed by atoms with van der Waals surface area (Å²) in [5.41, 5.74) is 5.19. The molecule has 4 heterocycles. The standard InChI is InChI=1S/C26H23N5O4S/c1-17-12-19(8-10-27-17)26-30-23(16-35-26)25(32)29-22-15-31-14-20(9-11-36(2,33)34)28-24(31)13-21(22)18-6-4-3-5-7-18/h3-8,10,12-16H,9,11H2,1-2H3,(H,29,32). The van der Waals surface area contributed by atoms with E-state index < -0.39 is 15.7 Å². The highest BCUT2D eigenvalue weighted by Gasteiger charge is 2.18. The first-order valence-electron chi connectivity index (χ1n) is 11.2. The number of carbonyl (C=O) groups is 1. The summed E-state index contributed by atoms with van der Waals surface area (Å²) in [6.07, 6.45) is 8.02. The molecular formula is C26H23N5O4S. The molecule has 182 valence electrons. The van der Waals surface area contributed by atoms with Gasteiger partial charge in [-0.25, -0.2) is 18.4 Å². The summed E-state index contributed by atoms with van der Waals surface area (Å²) >= 11 is 0. The first-order chi connectivity index (χ1) is 17.2. The Balaban J connectivity index is 1.48. The van der Waals surface area contributed by atoms with Crippen LogP contribution < -0.4 is 5.32 Å². The maximum Gasteiger partial charge on any atom is 0.277 e. The van der Waals surface area contributed by atoms with Gasteiger partial charge in [-0.1, -0.05) is 30.3 Å². The molecule has 0 spiro atoms. The molecule has 0 aliphatic carbocycles. The molecule has 0 saturated heterocycles. The predicted octanol–water partition coefficient (Wildman–Crippen LogP) is 4.20. The number of anilines is 1. The summed E-state index contributed by atoms with van der Waals surface area (Å²) in [6.45, 7) is 1.87. The lowest BCUT2D eigenvalue weighted by atomic mass is 10.1. The number of rotatable bonds is 7. The van der Waals surface area contributed by atoms with Gasteiger partial charge in [0.05, 0.1) is 17.1 Å². The average molecular weight is 502 g/mol. The zero-order valence-corrected chi connectivity index (χ0v) is 20.5. The highest BCUT2D eigenvalue weighted by molar-refractivity contribution is 7.90. The summed E-state index contributed by atoms with van der Waals surface area (Å²) in [6, 6.07) is 15.1. The van der Waals surface area contributed by atoms with Crippen molar-refractivity contribution in [3.63, 3.8) is 0 Å². The number of hydrogen-bond donors (Lipinski definition) is 1. The largest absolute Gasteiger partial charge is 0.444 e. The van der Waals surface area contributed by atoms with Crippen LogP contribution in [0, 0.1) is 6.92 Å². The van der Waals surface area contributed by atoms with E-state index in [1.807, 2.05) is 49.4 Å². The maximum atomic E-state index is 13.1. The third-order valence-electron chi connectivity index (χ3n) is 5.59. The van der Waals surface area contributed by atoms with Gasteiger partial charge in [0.2, 0.25) is 5.89 Å². The van der Waals surface area contributed by atoms with Crippen molar-refractivity contribution in [2.45, 2.75) is 13.3 Å². The van der Waals surface area contributed by atoms with Crippen molar-refractivity contribution in [3.05, 3.63) is 90.5 Å². The van der Waals surface area contributed by atoms with Crippen molar-refractivity contribution in [1.29, 1.82) is 0 Å². The van der Waals surface area contributed by atoms with Crippen molar-refractivity contribution in [2.24, 2.45) is 0 Å². The number of nitrogens with one attached hydrogen (secondary N) is 1. The molecule has 36 heavy (non-hydrogen) atoms. The van der Waals surface area contributed by atoms with Crippen molar-refractivity contribution in [3.8, 4) is 22.6 Å². The lowest BCUT2D eigenvalue weighted by Crippen LogP contribution is -2.13. The van der Waals surface area contributed by atoms with E-state index in [1.54, 1.807) is 29.1 Å². The van der Waals surface area contributed by atoms with Gasteiger partial charge in [0.15, 0.2) is 5.69 Å². The van der Waals surface area contributed by atoms with Crippen LogP contribution in [0.1, 0.15) is 21.9 Å². The third kappa shape index (κ3) is 5.18. The monoisotopic (exact) mass is 501 g/mol. The SMILES string of the molecule is Cc1cc(-c2nc(C(=O)Nc3cn4cc(CCS(C)(=O)=O)nc4cc3-c3ccccc3)co2)ccn1. The van der Waals surface area contributed by atoms with E-state index in [2.05, 4.69) is 20.3 Å².